The smallest absolute Gasteiger partial charge is 0.218 e. The van der Waals surface area contributed by atoms with Gasteiger partial charge in [-0.15, -0.1) is 6.58 Å². The fourth-order valence-corrected chi connectivity index (χ4v) is 2.53. The molecule has 142 valence electrons. The minimum atomic E-state index is 0.0438. The molecule has 7 heteroatoms. The second-order valence-electron chi connectivity index (χ2n) is 6.85. The molecule has 0 amide bonds. The number of hydrogen-bond donors (Lipinski definition) is 0. The van der Waals surface area contributed by atoms with Crippen LogP contribution in [0.15, 0.2) is 37.4 Å². The zero-order valence-corrected chi connectivity index (χ0v) is 16.3. The van der Waals surface area contributed by atoms with Crippen molar-refractivity contribution in [1.29, 1.82) is 0 Å². The molecule has 0 bridgehead atoms. The zero-order chi connectivity index (χ0) is 18.9. The van der Waals surface area contributed by atoms with Gasteiger partial charge in [0.05, 0.1) is 6.20 Å². The van der Waals surface area contributed by atoms with Crippen LogP contribution < -0.4 is 4.74 Å². The Morgan fingerprint density at radius 3 is 2.73 bits per heavy atom. The van der Waals surface area contributed by atoms with E-state index in [2.05, 4.69) is 52.6 Å². The van der Waals surface area contributed by atoms with E-state index >= 15 is 0 Å². The van der Waals surface area contributed by atoms with Gasteiger partial charge < -0.3 is 14.5 Å². The predicted octanol–water partition coefficient (Wildman–Crippen LogP) is 2.18. The molecule has 0 aliphatic carbocycles. The third-order valence-electron chi connectivity index (χ3n) is 4.00. The van der Waals surface area contributed by atoms with Crippen molar-refractivity contribution in [2.45, 2.75) is 25.9 Å². The van der Waals surface area contributed by atoms with Crippen molar-refractivity contribution in [2.75, 3.05) is 40.8 Å². The van der Waals surface area contributed by atoms with Gasteiger partial charge in [0.25, 0.3) is 0 Å². The molecule has 0 radical (unpaired) electrons. The zero-order valence-electron chi connectivity index (χ0n) is 16.3. The summed E-state index contributed by atoms with van der Waals surface area (Å²) in [6.45, 7) is 8.66. The van der Waals surface area contributed by atoms with E-state index in [1.807, 2.05) is 25.3 Å². The molecular formula is C19H30N6O. The molecule has 1 unspecified atom stereocenters. The molecule has 0 saturated carbocycles. The number of ether oxygens (including phenoxy) is 1. The first-order chi connectivity index (χ1) is 12.5. The topological polar surface area (TPSA) is 59.3 Å². The molecule has 2 aromatic rings. The third-order valence-corrected chi connectivity index (χ3v) is 4.00. The van der Waals surface area contributed by atoms with Crippen LogP contribution in [0.5, 0.6) is 5.88 Å². The van der Waals surface area contributed by atoms with Crippen molar-refractivity contribution >= 4 is 0 Å². The molecule has 1 atom stereocenters. The van der Waals surface area contributed by atoms with E-state index in [0.29, 0.717) is 11.7 Å². The SMILES string of the molecule is C=CCCC(CN(C)CCN(C)C)Oc1cc(-n2cc(C)cn2)ncn1. The summed E-state index contributed by atoms with van der Waals surface area (Å²) >= 11 is 0. The molecule has 26 heavy (non-hydrogen) atoms. The van der Waals surface area contributed by atoms with Crippen molar-refractivity contribution < 1.29 is 4.74 Å². The van der Waals surface area contributed by atoms with E-state index in [1.165, 1.54) is 6.33 Å². The van der Waals surface area contributed by atoms with Gasteiger partial charge >= 0.3 is 0 Å². The highest BCUT2D eigenvalue weighted by atomic mass is 16.5. The fourth-order valence-electron chi connectivity index (χ4n) is 2.53. The molecule has 0 spiro atoms. The van der Waals surface area contributed by atoms with Crippen molar-refractivity contribution in [2.24, 2.45) is 0 Å². The van der Waals surface area contributed by atoms with Gasteiger partial charge in [-0.1, -0.05) is 6.08 Å². The third kappa shape index (κ3) is 6.57. The molecule has 0 aromatic carbocycles. The van der Waals surface area contributed by atoms with Crippen LogP contribution in [0.1, 0.15) is 18.4 Å². The van der Waals surface area contributed by atoms with Crippen LogP contribution in [0.2, 0.25) is 0 Å². The maximum Gasteiger partial charge on any atom is 0.218 e. The molecule has 0 aliphatic heterocycles. The van der Waals surface area contributed by atoms with Crippen molar-refractivity contribution in [1.82, 2.24) is 29.5 Å². The Kier molecular flexibility index (Phi) is 7.74. The number of aromatic nitrogens is 4. The second kappa shape index (κ2) is 10.0. The molecule has 2 rings (SSSR count). The Hall–Kier alpha value is -2.25. The van der Waals surface area contributed by atoms with Crippen LogP contribution in [0.3, 0.4) is 0 Å². The lowest BCUT2D eigenvalue weighted by Crippen LogP contribution is -2.37. The maximum absolute atomic E-state index is 6.17. The van der Waals surface area contributed by atoms with E-state index < -0.39 is 0 Å². The summed E-state index contributed by atoms with van der Waals surface area (Å²) in [7, 11) is 6.28. The average Bonchev–Trinajstić information content (AvgIpc) is 3.04. The minimum absolute atomic E-state index is 0.0438. The summed E-state index contributed by atoms with van der Waals surface area (Å²) in [5.74, 6) is 1.27. The van der Waals surface area contributed by atoms with E-state index in [9.17, 15) is 0 Å². The number of nitrogens with zero attached hydrogens (tertiary/aromatic N) is 6. The minimum Gasteiger partial charge on any atom is -0.473 e. The van der Waals surface area contributed by atoms with Gasteiger partial charge in [0.1, 0.15) is 12.4 Å². The Balaban J connectivity index is 2.03. The molecule has 2 aromatic heterocycles. The first-order valence-electron chi connectivity index (χ1n) is 8.92. The van der Waals surface area contributed by atoms with Crippen molar-refractivity contribution in [3.63, 3.8) is 0 Å². The molecule has 7 nitrogen and oxygen atoms in total. The number of likely N-dealkylation sites (N-methyl/N-ethyl adjacent to an activating group) is 2. The van der Waals surface area contributed by atoms with Crippen LogP contribution in [0.4, 0.5) is 0 Å². The van der Waals surface area contributed by atoms with E-state index in [1.54, 1.807) is 10.9 Å². The molecule has 2 heterocycles. The van der Waals surface area contributed by atoms with Crippen LogP contribution in [0, 0.1) is 6.92 Å². The maximum atomic E-state index is 6.17. The Bertz CT molecular complexity index is 684. The summed E-state index contributed by atoms with van der Waals surface area (Å²) in [5.41, 5.74) is 1.08. The van der Waals surface area contributed by atoms with E-state index in [4.69, 9.17) is 4.74 Å². The van der Waals surface area contributed by atoms with Gasteiger partial charge in [-0.3, -0.25) is 0 Å². The van der Waals surface area contributed by atoms with E-state index in [0.717, 1.165) is 38.0 Å². The summed E-state index contributed by atoms with van der Waals surface area (Å²) < 4.78 is 7.90. The van der Waals surface area contributed by atoms with Crippen LogP contribution in [0.25, 0.3) is 5.82 Å². The van der Waals surface area contributed by atoms with Gasteiger partial charge in [-0.25, -0.2) is 14.6 Å². The van der Waals surface area contributed by atoms with Gasteiger partial charge in [-0.05, 0) is 46.5 Å². The largest absolute Gasteiger partial charge is 0.473 e. The van der Waals surface area contributed by atoms with Gasteiger partial charge in [-0.2, -0.15) is 5.10 Å². The standard InChI is InChI=1S/C19H30N6O/c1-6-7-8-17(14-24(5)10-9-23(3)4)26-19-11-18(20-15-21-19)25-13-16(2)12-22-25/h6,11-13,15,17H,1,7-10,14H2,2-5H3. The normalized spacial score (nSPS) is 12.5. The lowest BCUT2D eigenvalue weighted by atomic mass is 10.2. The second-order valence-corrected chi connectivity index (χ2v) is 6.85. The monoisotopic (exact) mass is 358 g/mol. The van der Waals surface area contributed by atoms with Crippen LogP contribution in [-0.4, -0.2) is 76.4 Å². The van der Waals surface area contributed by atoms with Crippen molar-refractivity contribution in [3.05, 3.63) is 43.0 Å². The highest BCUT2D eigenvalue weighted by Crippen LogP contribution is 2.15. The number of aryl methyl sites for hydroxylation is 1. The van der Waals surface area contributed by atoms with Gasteiger partial charge in [0.15, 0.2) is 5.82 Å². The van der Waals surface area contributed by atoms with Gasteiger partial charge in [0, 0.05) is 31.9 Å². The molecule has 0 saturated heterocycles. The summed E-state index contributed by atoms with van der Waals surface area (Å²) in [4.78, 5) is 13.0. The molecule has 0 aliphatic rings. The first kappa shape index (κ1) is 20.1. The Morgan fingerprint density at radius 2 is 2.08 bits per heavy atom. The predicted molar refractivity (Wildman–Crippen MR) is 104 cm³/mol. The summed E-state index contributed by atoms with van der Waals surface area (Å²) in [5, 5.41) is 4.29. The van der Waals surface area contributed by atoms with Crippen molar-refractivity contribution in [3.8, 4) is 11.7 Å². The summed E-state index contributed by atoms with van der Waals surface area (Å²) in [6, 6.07) is 1.83. The summed E-state index contributed by atoms with van der Waals surface area (Å²) in [6.07, 6.45) is 9.02. The van der Waals surface area contributed by atoms with Crippen LogP contribution in [-0.2, 0) is 0 Å². The lowest BCUT2D eigenvalue weighted by Gasteiger charge is -2.25. The molecular weight excluding hydrogens is 328 g/mol. The average molecular weight is 358 g/mol. The first-order valence-corrected chi connectivity index (χ1v) is 8.92. The quantitative estimate of drug-likeness (QED) is 0.574. The Labute approximate surface area is 156 Å². The molecule has 0 N–H and O–H groups in total. The molecule has 0 fully saturated rings. The Morgan fingerprint density at radius 1 is 1.27 bits per heavy atom. The number of rotatable bonds is 11. The van der Waals surface area contributed by atoms with E-state index in [-0.39, 0.29) is 6.10 Å². The highest BCUT2D eigenvalue weighted by molar-refractivity contribution is 5.26. The number of hydrogen-bond acceptors (Lipinski definition) is 6. The van der Waals surface area contributed by atoms with Crippen LogP contribution >= 0.6 is 0 Å². The van der Waals surface area contributed by atoms with Gasteiger partial charge in [0.2, 0.25) is 5.88 Å². The number of allylic oxidation sites excluding steroid dienone is 1. The lowest BCUT2D eigenvalue weighted by molar-refractivity contribution is 0.130. The fraction of sp³-hybridized carbons (Fsp3) is 0.526. The highest BCUT2D eigenvalue weighted by Gasteiger charge is 2.15.